The maximum Gasteiger partial charge on any atom is 0.337 e. The van der Waals surface area contributed by atoms with E-state index < -0.39 is 5.97 Å². The molecule has 0 atom stereocenters. The SMILES string of the molecule is Cc1ccccc1/C=C/c1nc2ccc(C(=O)O)cn2c(=O)c1C. The fraction of sp³-hybridized carbons (Fsp3) is 0.105. The minimum absolute atomic E-state index is 0.0500. The van der Waals surface area contributed by atoms with Crippen LogP contribution in [0.2, 0.25) is 0 Å². The number of aromatic nitrogens is 2. The number of rotatable bonds is 3. The summed E-state index contributed by atoms with van der Waals surface area (Å²) in [6, 6.07) is 10.9. The van der Waals surface area contributed by atoms with Crippen molar-refractivity contribution >= 4 is 23.8 Å². The maximum atomic E-state index is 12.5. The number of carboxylic acids is 1. The van der Waals surface area contributed by atoms with Gasteiger partial charge in [-0.05, 0) is 43.2 Å². The second-order valence-electron chi connectivity index (χ2n) is 5.57. The number of pyridine rings is 1. The molecule has 120 valence electrons. The van der Waals surface area contributed by atoms with Gasteiger partial charge in [-0.1, -0.05) is 30.3 Å². The van der Waals surface area contributed by atoms with Crippen LogP contribution in [0.5, 0.6) is 0 Å². The number of hydrogen-bond donors (Lipinski definition) is 1. The Hall–Kier alpha value is -3.21. The van der Waals surface area contributed by atoms with Crippen LogP contribution in [-0.4, -0.2) is 20.5 Å². The third kappa shape index (κ3) is 2.84. The Morgan fingerprint density at radius 2 is 1.88 bits per heavy atom. The standard InChI is InChI=1S/C19H16N2O3/c1-12-5-3-4-6-14(12)7-9-16-13(2)18(22)21-11-15(19(23)24)8-10-17(21)20-16/h3-11H,1-2H3,(H,23,24)/b9-7+. The van der Waals surface area contributed by atoms with Crippen molar-refractivity contribution in [2.45, 2.75) is 13.8 Å². The van der Waals surface area contributed by atoms with E-state index in [2.05, 4.69) is 4.98 Å². The monoisotopic (exact) mass is 320 g/mol. The fourth-order valence-corrected chi connectivity index (χ4v) is 2.48. The number of hydrogen-bond acceptors (Lipinski definition) is 3. The van der Waals surface area contributed by atoms with Crippen molar-refractivity contribution in [1.29, 1.82) is 0 Å². The van der Waals surface area contributed by atoms with Gasteiger partial charge in [0, 0.05) is 11.8 Å². The van der Waals surface area contributed by atoms with E-state index in [1.807, 2.05) is 43.3 Å². The van der Waals surface area contributed by atoms with Gasteiger partial charge < -0.3 is 5.11 Å². The quantitative estimate of drug-likeness (QED) is 0.804. The fourth-order valence-electron chi connectivity index (χ4n) is 2.48. The molecular weight excluding hydrogens is 304 g/mol. The Bertz CT molecular complexity index is 1030. The predicted octanol–water partition coefficient (Wildman–Crippen LogP) is 3.18. The van der Waals surface area contributed by atoms with Gasteiger partial charge in [0.05, 0.1) is 11.3 Å². The van der Waals surface area contributed by atoms with E-state index in [1.54, 1.807) is 6.92 Å². The molecule has 0 aliphatic heterocycles. The van der Waals surface area contributed by atoms with Crippen molar-refractivity contribution in [1.82, 2.24) is 9.38 Å². The third-order valence-electron chi connectivity index (χ3n) is 3.94. The number of carboxylic acid groups (broad SMARTS) is 1. The summed E-state index contributed by atoms with van der Waals surface area (Å²) < 4.78 is 1.27. The highest BCUT2D eigenvalue weighted by Gasteiger charge is 2.10. The minimum Gasteiger partial charge on any atom is -0.478 e. The van der Waals surface area contributed by atoms with E-state index in [9.17, 15) is 9.59 Å². The zero-order valence-corrected chi connectivity index (χ0v) is 13.4. The highest BCUT2D eigenvalue weighted by atomic mass is 16.4. The first-order chi connectivity index (χ1) is 11.5. The molecule has 0 saturated heterocycles. The molecule has 2 aromatic heterocycles. The molecule has 0 fully saturated rings. The first-order valence-electron chi connectivity index (χ1n) is 7.47. The van der Waals surface area contributed by atoms with E-state index in [4.69, 9.17) is 5.11 Å². The van der Waals surface area contributed by atoms with Crippen LogP contribution < -0.4 is 5.56 Å². The van der Waals surface area contributed by atoms with Gasteiger partial charge in [-0.3, -0.25) is 9.20 Å². The second-order valence-corrected chi connectivity index (χ2v) is 5.57. The van der Waals surface area contributed by atoms with Gasteiger partial charge in [0.1, 0.15) is 5.65 Å². The molecule has 24 heavy (non-hydrogen) atoms. The molecule has 0 amide bonds. The lowest BCUT2D eigenvalue weighted by Gasteiger charge is -2.06. The molecule has 0 saturated carbocycles. The summed E-state index contributed by atoms with van der Waals surface area (Å²) >= 11 is 0. The zero-order valence-electron chi connectivity index (χ0n) is 13.4. The van der Waals surface area contributed by atoms with Crippen molar-refractivity contribution < 1.29 is 9.90 Å². The van der Waals surface area contributed by atoms with E-state index in [1.165, 1.54) is 22.7 Å². The average molecular weight is 320 g/mol. The Balaban J connectivity index is 2.12. The molecule has 3 rings (SSSR count). The number of aryl methyl sites for hydroxylation is 1. The molecule has 0 unspecified atom stereocenters. The summed E-state index contributed by atoms with van der Waals surface area (Å²) in [6.07, 6.45) is 5.03. The van der Waals surface area contributed by atoms with E-state index in [-0.39, 0.29) is 11.1 Å². The van der Waals surface area contributed by atoms with Gasteiger partial charge in [0.2, 0.25) is 0 Å². The van der Waals surface area contributed by atoms with Crippen LogP contribution in [0.25, 0.3) is 17.8 Å². The normalized spacial score (nSPS) is 11.2. The number of fused-ring (bicyclic) bond motifs is 1. The highest BCUT2D eigenvalue weighted by Crippen LogP contribution is 2.13. The predicted molar refractivity (Wildman–Crippen MR) is 93.3 cm³/mol. The van der Waals surface area contributed by atoms with Gasteiger partial charge in [0.25, 0.3) is 5.56 Å². The summed E-state index contributed by atoms with van der Waals surface area (Å²) in [5.74, 6) is -1.08. The highest BCUT2D eigenvalue weighted by molar-refractivity contribution is 5.87. The lowest BCUT2D eigenvalue weighted by atomic mass is 10.1. The maximum absolute atomic E-state index is 12.5. The molecular formula is C19H16N2O3. The summed E-state index contributed by atoms with van der Waals surface area (Å²) in [4.78, 5) is 28.0. The molecule has 1 aromatic carbocycles. The first-order valence-corrected chi connectivity index (χ1v) is 7.47. The molecule has 3 aromatic rings. The lowest BCUT2D eigenvalue weighted by Crippen LogP contribution is -2.20. The largest absolute Gasteiger partial charge is 0.478 e. The van der Waals surface area contributed by atoms with Gasteiger partial charge in [-0.15, -0.1) is 0 Å². The molecule has 0 spiro atoms. The van der Waals surface area contributed by atoms with Crippen molar-refractivity contribution in [2.24, 2.45) is 0 Å². The van der Waals surface area contributed by atoms with Crippen LogP contribution in [0.15, 0.2) is 47.4 Å². The lowest BCUT2D eigenvalue weighted by molar-refractivity contribution is 0.0696. The molecule has 0 bridgehead atoms. The van der Waals surface area contributed by atoms with Gasteiger partial charge >= 0.3 is 5.97 Å². The molecule has 5 nitrogen and oxygen atoms in total. The molecule has 5 heteroatoms. The third-order valence-corrected chi connectivity index (χ3v) is 3.94. The van der Waals surface area contributed by atoms with Crippen LogP contribution in [0.4, 0.5) is 0 Å². The van der Waals surface area contributed by atoms with Crippen LogP contribution in [0, 0.1) is 13.8 Å². The molecule has 0 radical (unpaired) electrons. The molecule has 0 aliphatic rings. The van der Waals surface area contributed by atoms with E-state index in [0.717, 1.165) is 11.1 Å². The summed E-state index contributed by atoms with van der Waals surface area (Å²) in [5, 5.41) is 9.05. The van der Waals surface area contributed by atoms with Crippen LogP contribution in [-0.2, 0) is 0 Å². The van der Waals surface area contributed by atoms with Crippen LogP contribution in [0.1, 0.15) is 32.7 Å². The van der Waals surface area contributed by atoms with Crippen molar-refractivity contribution in [3.8, 4) is 0 Å². The van der Waals surface area contributed by atoms with E-state index in [0.29, 0.717) is 16.9 Å². The first kappa shape index (κ1) is 15.7. The Morgan fingerprint density at radius 1 is 1.12 bits per heavy atom. The van der Waals surface area contributed by atoms with E-state index >= 15 is 0 Å². The van der Waals surface area contributed by atoms with Gasteiger partial charge in [-0.25, -0.2) is 9.78 Å². The molecule has 0 aliphatic carbocycles. The smallest absolute Gasteiger partial charge is 0.337 e. The Morgan fingerprint density at radius 3 is 2.58 bits per heavy atom. The molecule has 2 heterocycles. The number of carbonyl (C=O) groups is 1. The summed E-state index contributed by atoms with van der Waals surface area (Å²) in [7, 11) is 0. The van der Waals surface area contributed by atoms with Crippen LogP contribution >= 0.6 is 0 Å². The minimum atomic E-state index is -1.08. The Labute approximate surface area is 138 Å². The summed E-state index contributed by atoms with van der Waals surface area (Å²) in [6.45, 7) is 3.70. The van der Waals surface area contributed by atoms with Crippen molar-refractivity contribution in [2.75, 3.05) is 0 Å². The van der Waals surface area contributed by atoms with Crippen molar-refractivity contribution in [3.05, 3.63) is 80.9 Å². The second kappa shape index (κ2) is 6.12. The summed E-state index contributed by atoms with van der Waals surface area (Å²) in [5.41, 5.74) is 3.43. The van der Waals surface area contributed by atoms with Crippen molar-refractivity contribution in [3.63, 3.8) is 0 Å². The van der Waals surface area contributed by atoms with Gasteiger partial charge in [0.15, 0.2) is 0 Å². The van der Waals surface area contributed by atoms with Gasteiger partial charge in [-0.2, -0.15) is 0 Å². The number of benzene rings is 1. The number of aromatic carboxylic acids is 1. The number of nitrogens with zero attached hydrogens (tertiary/aromatic N) is 2. The molecule has 1 N–H and O–H groups in total. The van der Waals surface area contributed by atoms with Crippen LogP contribution in [0.3, 0.4) is 0 Å². The topological polar surface area (TPSA) is 71.7 Å². The zero-order chi connectivity index (χ0) is 17.3. The average Bonchev–Trinajstić information content (AvgIpc) is 2.57. The Kier molecular flexibility index (Phi) is 4.00.